The zero-order valence-electron chi connectivity index (χ0n) is 17.3. The zero-order valence-corrected chi connectivity index (χ0v) is 17.3. The maximum Gasteiger partial charge on any atom is 0.269 e. The number of nitrogens with zero attached hydrogens (tertiary/aromatic N) is 3. The molecule has 0 radical (unpaired) electrons. The first-order valence-electron chi connectivity index (χ1n) is 10.1. The Balaban J connectivity index is 1.41. The number of benzene rings is 2. The molecule has 0 bridgehead atoms. The Kier molecular flexibility index (Phi) is 4.91. The minimum Gasteiger partial charge on any atom is -0.477 e. The van der Waals surface area contributed by atoms with Gasteiger partial charge >= 0.3 is 0 Å². The van der Waals surface area contributed by atoms with Crippen LogP contribution < -0.4 is 9.47 Å². The molecule has 0 atom stereocenters. The topological polar surface area (TPSA) is 94.8 Å². The minimum atomic E-state index is -0.462. The van der Waals surface area contributed by atoms with Crippen molar-refractivity contribution in [1.82, 2.24) is 9.88 Å². The molecule has 5 rings (SSSR count). The average Bonchev–Trinajstić information content (AvgIpc) is 3.10. The SMILES string of the molecule is Cc1c2c(cc3c1O/C(=C\c1ccc([N+](=O)[O-])cc1)C3=O)CN(Cc1ccncc1)CO2. The van der Waals surface area contributed by atoms with Gasteiger partial charge in [0.25, 0.3) is 5.69 Å². The molecule has 0 spiro atoms. The Labute approximate surface area is 183 Å². The third-order valence-electron chi connectivity index (χ3n) is 5.56. The lowest BCUT2D eigenvalue weighted by Gasteiger charge is -2.30. The van der Waals surface area contributed by atoms with E-state index in [2.05, 4.69) is 9.88 Å². The first-order valence-corrected chi connectivity index (χ1v) is 10.1. The van der Waals surface area contributed by atoms with E-state index in [0.29, 0.717) is 36.7 Å². The van der Waals surface area contributed by atoms with Crippen molar-refractivity contribution in [3.63, 3.8) is 0 Å². The van der Waals surface area contributed by atoms with Crippen molar-refractivity contribution in [2.75, 3.05) is 6.73 Å². The van der Waals surface area contributed by atoms with E-state index >= 15 is 0 Å². The summed E-state index contributed by atoms with van der Waals surface area (Å²) in [7, 11) is 0. The second kappa shape index (κ2) is 7.90. The number of ether oxygens (including phenoxy) is 2. The molecule has 2 aromatic carbocycles. The summed E-state index contributed by atoms with van der Waals surface area (Å²) >= 11 is 0. The van der Waals surface area contributed by atoms with E-state index in [-0.39, 0.29) is 17.2 Å². The van der Waals surface area contributed by atoms with Gasteiger partial charge in [0.05, 0.1) is 10.5 Å². The molecular weight excluding hydrogens is 410 g/mol. The highest BCUT2D eigenvalue weighted by atomic mass is 16.6. The summed E-state index contributed by atoms with van der Waals surface area (Å²) in [6, 6.07) is 11.7. The lowest BCUT2D eigenvalue weighted by molar-refractivity contribution is -0.384. The van der Waals surface area contributed by atoms with Crippen LogP contribution in [0.25, 0.3) is 6.08 Å². The molecule has 160 valence electrons. The summed E-state index contributed by atoms with van der Waals surface area (Å²) in [5.41, 5.74) is 4.01. The number of pyridine rings is 1. The predicted molar refractivity (Wildman–Crippen MR) is 116 cm³/mol. The van der Waals surface area contributed by atoms with Gasteiger partial charge in [0, 0.05) is 48.7 Å². The molecule has 8 heteroatoms. The van der Waals surface area contributed by atoms with E-state index < -0.39 is 4.92 Å². The summed E-state index contributed by atoms with van der Waals surface area (Å²) in [6.45, 7) is 3.70. The van der Waals surface area contributed by atoms with Gasteiger partial charge in [0.2, 0.25) is 5.78 Å². The smallest absolute Gasteiger partial charge is 0.269 e. The van der Waals surface area contributed by atoms with Gasteiger partial charge in [-0.3, -0.25) is 24.8 Å². The summed E-state index contributed by atoms with van der Waals surface area (Å²) in [4.78, 5) is 29.6. The number of allylic oxidation sites excluding steroid dienone is 1. The molecule has 0 aliphatic carbocycles. The summed E-state index contributed by atoms with van der Waals surface area (Å²) in [6.07, 6.45) is 5.13. The van der Waals surface area contributed by atoms with Crippen LogP contribution in [0.2, 0.25) is 0 Å². The number of aromatic nitrogens is 1. The van der Waals surface area contributed by atoms with E-state index in [4.69, 9.17) is 9.47 Å². The van der Waals surface area contributed by atoms with Crippen LogP contribution in [-0.4, -0.2) is 27.3 Å². The molecule has 2 aliphatic heterocycles. The van der Waals surface area contributed by atoms with Gasteiger partial charge in [-0.2, -0.15) is 0 Å². The highest BCUT2D eigenvalue weighted by molar-refractivity contribution is 6.15. The Hall–Kier alpha value is -4.04. The van der Waals surface area contributed by atoms with Crippen LogP contribution in [0.5, 0.6) is 11.5 Å². The van der Waals surface area contributed by atoms with Gasteiger partial charge in [0.1, 0.15) is 18.2 Å². The van der Waals surface area contributed by atoms with Crippen molar-refractivity contribution in [2.45, 2.75) is 20.0 Å². The number of nitro groups is 1. The van der Waals surface area contributed by atoms with Crippen molar-refractivity contribution in [3.05, 3.63) is 98.5 Å². The van der Waals surface area contributed by atoms with Gasteiger partial charge in [0.15, 0.2) is 5.76 Å². The molecular formula is C24H19N3O5. The van der Waals surface area contributed by atoms with Crippen LogP contribution in [-0.2, 0) is 13.1 Å². The summed E-state index contributed by atoms with van der Waals surface area (Å²) < 4.78 is 11.9. The molecule has 0 unspecified atom stereocenters. The van der Waals surface area contributed by atoms with Crippen LogP contribution in [0.15, 0.2) is 60.6 Å². The summed E-state index contributed by atoms with van der Waals surface area (Å²) in [5.74, 6) is 1.23. The van der Waals surface area contributed by atoms with E-state index in [9.17, 15) is 14.9 Å². The van der Waals surface area contributed by atoms with Crippen LogP contribution in [0.3, 0.4) is 0 Å². The summed E-state index contributed by atoms with van der Waals surface area (Å²) in [5, 5.41) is 10.8. The van der Waals surface area contributed by atoms with Crippen molar-refractivity contribution in [2.24, 2.45) is 0 Å². The van der Waals surface area contributed by atoms with Crippen molar-refractivity contribution in [3.8, 4) is 11.5 Å². The monoisotopic (exact) mass is 429 g/mol. The maximum atomic E-state index is 13.0. The molecule has 3 aromatic rings. The number of rotatable bonds is 4. The lowest BCUT2D eigenvalue weighted by Crippen LogP contribution is -2.32. The number of hydrogen-bond donors (Lipinski definition) is 0. The minimum absolute atomic E-state index is 0.00825. The molecule has 1 aromatic heterocycles. The van der Waals surface area contributed by atoms with Gasteiger partial charge in [-0.25, -0.2) is 0 Å². The molecule has 0 saturated heterocycles. The van der Waals surface area contributed by atoms with Crippen LogP contribution in [0.1, 0.15) is 32.6 Å². The first kappa shape index (κ1) is 19.9. The largest absolute Gasteiger partial charge is 0.477 e. The number of fused-ring (bicyclic) bond motifs is 2. The molecule has 0 amide bonds. The molecule has 0 N–H and O–H groups in total. The third-order valence-corrected chi connectivity index (χ3v) is 5.56. The standard InChI is InChI=1S/C24H19N3O5/c1-15-23-18(13-26(14-31-23)12-17-6-8-25-9-7-17)11-20-22(28)21(32-24(15)20)10-16-2-4-19(5-3-16)27(29)30/h2-11H,12-14H2,1H3/b21-10-. The highest BCUT2D eigenvalue weighted by Crippen LogP contribution is 2.43. The van der Waals surface area contributed by atoms with Crippen LogP contribution >= 0.6 is 0 Å². The number of carbonyl (C=O) groups excluding carboxylic acids is 1. The predicted octanol–water partition coefficient (Wildman–Crippen LogP) is 4.27. The molecule has 0 saturated carbocycles. The number of Topliss-reactive ketones (excluding diaryl/α,β-unsaturated/α-hetero) is 1. The fourth-order valence-corrected chi connectivity index (χ4v) is 3.99. The third kappa shape index (κ3) is 3.61. The highest BCUT2D eigenvalue weighted by Gasteiger charge is 2.33. The van der Waals surface area contributed by atoms with Gasteiger partial charge < -0.3 is 9.47 Å². The average molecular weight is 429 g/mol. The second-order valence-electron chi connectivity index (χ2n) is 7.77. The Morgan fingerprint density at radius 2 is 1.91 bits per heavy atom. The van der Waals surface area contributed by atoms with Crippen molar-refractivity contribution >= 4 is 17.5 Å². The second-order valence-corrected chi connectivity index (χ2v) is 7.77. The number of non-ortho nitro benzene ring substituents is 1. The normalized spacial score (nSPS) is 16.3. The van der Waals surface area contributed by atoms with Crippen molar-refractivity contribution in [1.29, 1.82) is 0 Å². The Morgan fingerprint density at radius 3 is 2.62 bits per heavy atom. The van der Waals surface area contributed by atoms with Crippen LogP contribution in [0.4, 0.5) is 5.69 Å². The lowest BCUT2D eigenvalue weighted by atomic mass is 10.00. The van der Waals surface area contributed by atoms with E-state index in [0.717, 1.165) is 22.4 Å². The number of ketones is 1. The molecule has 0 fully saturated rings. The maximum absolute atomic E-state index is 13.0. The zero-order chi connectivity index (χ0) is 22.2. The molecule has 3 heterocycles. The molecule has 8 nitrogen and oxygen atoms in total. The molecule has 2 aliphatic rings. The number of nitro benzene ring substituents is 1. The quantitative estimate of drug-likeness (QED) is 0.347. The van der Waals surface area contributed by atoms with Crippen LogP contribution in [0, 0.1) is 17.0 Å². The number of hydrogen-bond acceptors (Lipinski definition) is 7. The number of carbonyl (C=O) groups is 1. The van der Waals surface area contributed by atoms with Gasteiger partial charge in [-0.05, 0) is 54.5 Å². The fourth-order valence-electron chi connectivity index (χ4n) is 3.99. The Morgan fingerprint density at radius 1 is 1.16 bits per heavy atom. The van der Waals surface area contributed by atoms with E-state index in [1.54, 1.807) is 30.6 Å². The Bertz CT molecular complexity index is 1250. The fraction of sp³-hybridized carbons (Fsp3) is 0.167. The molecule has 32 heavy (non-hydrogen) atoms. The van der Waals surface area contributed by atoms with E-state index in [1.807, 2.05) is 25.1 Å². The van der Waals surface area contributed by atoms with Gasteiger partial charge in [-0.15, -0.1) is 0 Å². The van der Waals surface area contributed by atoms with Gasteiger partial charge in [-0.1, -0.05) is 0 Å². The van der Waals surface area contributed by atoms with E-state index in [1.165, 1.54) is 12.1 Å². The first-order chi connectivity index (χ1) is 15.5. The van der Waals surface area contributed by atoms with Crippen molar-refractivity contribution < 1.29 is 19.2 Å².